The Balaban J connectivity index is 1.42. The van der Waals surface area contributed by atoms with Crippen molar-refractivity contribution in [3.63, 3.8) is 0 Å². The number of fused-ring (bicyclic) bond motifs is 2. The summed E-state index contributed by atoms with van der Waals surface area (Å²) in [5.41, 5.74) is 8.27. The predicted molar refractivity (Wildman–Crippen MR) is 119 cm³/mol. The zero-order valence-electron chi connectivity index (χ0n) is 17.1. The molecule has 3 aromatic rings. The van der Waals surface area contributed by atoms with E-state index in [1.807, 2.05) is 24.4 Å². The first kappa shape index (κ1) is 21.0. The third-order valence-electron chi connectivity index (χ3n) is 5.35. The zero-order valence-corrected chi connectivity index (χ0v) is 17.9. The molecule has 0 saturated heterocycles. The molecule has 0 radical (unpaired) electrons. The zero-order chi connectivity index (χ0) is 22.0. The number of sulfonamides is 1. The number of hydrogen-bond donors (Lipinski definition) is 3. The van der Waals surface area contributed by atoms with Crippen LogP contribution >= 0.6 is 0 Å². The lowest BCUT2D eigenvalue weighted by atomic mass is 9.93. The highest BCUT2D eigenvalue weighted by Crippen LogP contribution is 2.36. The second-order valence-corrected chi connectivity index (χ2v) is 9.57. The Morgan fingerprint density at radius 3 is 2.84 bits per heavy atom. The van der Waals surface area contributed by atoms with Gasteiger partial charge in [-0.05, 0) is 43.0 Å². The molecule has 9 heteroatoms. The van der Waals surface area contributed by atoms with Gasteiger partial charge in [-0.2, -0.15) is 0 Å². The van der Waals surface area contributed by atoms with Crippen LogP contribution in [0.25, 0.3) is 10.9 Å². The molecular formula is C22H25N3O5S. The molecule has 0 aliphatic carbocycles. The molecule has 2 aromatic carbocycles. The van der Waals surface area contributed by atoms with Crippen molar-refractivity contribution in [2.24, 2.45) is 11.7 Å². The van der Waals surface area contributed by atoms with Gasteiger partial charge in [-0.15, -0.1) is 0 Å². The molecule has 2 unspecified atom stereocenters. The van der Waals surface area contributed by atoms with Gasteiger partial charge in [-0.1, -0.05) is 18.2 Å². The second kappa shape index (κ2) is 8.50. The van der Waals surface area contributed by atoms with Gasteiger partial charge in [0.25, 0.3) is 0 Å². The lowest BCUT2D eigenvalue weighted by Crippen LogP contribution is -2.35. The first-order valence-electron chi connectivity index (χ1n) is 10.0. The van der Waals surface area contributed by atoms with E-state index in [1.54, 1.807) is 18.2 Å². The summed E-state index contributed by atoms with van der Waals surface area (Å²) < 4.78 is 37.1. The predicted octanol–water partition coefficient (Wildman–Crippen LogP) is 2.80. The second-order valence-electron chi connectivity index (χ2n) is 7.82. The van der Waals surface area contributed by atoms with E-state index in [0.717, 1.165) is 22.7 Å². The quantitative estimate of drug-likeness (QED) is 0.494. The maximum atomic E-state index is 12.1. The van der Waals surface area contributed by atoms with Crippen molar-refractivity contribution in [1.29, 1.82) is 0 Å². The third kappa shape index (κ3) is 5.11. The Hall–Kier alpha value is -3.20. The largest absolute Gasteiger partial charge is 0.486 e. The van der Waals surface area contributed by atoms with Crippen LogP contribution in [0.3, 0.4) is 0 Å². The summed E-state index contributed by atoms with van der Waals surface area (Å²) in [6, 6.07) is 12.9. The number of anilines is 1. The summed E-state index contributed by atoms with van der Waals surface area (Å²) in [4.78, 5) is 15.3. The number of nitrogens with one attached hydrogen (secondary N) is 2. The molecule has 0 fully saturated rings. The molecule has 0 spiro atoms. The fourth-order valence-corrected chi connectivity index (χ4v) is 4.43. The SMILES string of the molecule is CS(=O)(=O)Nc1ccc2c(c1)OC(CC(CCc1c[nH]c3ccccc13)C(N)=O)CO2. The topological polar surface area (TPSA) is 124 Å². The smallest absolute Gasteiger partial charge is 0.229 e. The number of aromatic nitrogens is 1. The van der Waals surface area contributed by atoms with Gasteiger partial charge < -0.3 is 20.2 Å². The fraction of sp³-hybridized carbons (Fsp3) is 0.318. The summed E-state index contributed by atoms with van der Waals surface area (Å²) in [6.45, 7) is 0.294. The number of aryl methyl sites for hydroxylation is 1. The summed E-state index contributed by atoms with van der Waals surface area (Å²) in [5, 5.41) is 1.14. The minimum absolute atomic E-state index is 0.294. The highest BCUT2D eigenvalue weighted by Gasteiger charge is 2.27. The molecule has 31 heavy (non-hydrogen) atoms. The van der Waals surface area contributed by atoms with Crippen molar-refractivity contribution in [3.05, 3.63) is 54.2 Å². The molecule has 0 saturated carbocycles. The maximum Gasteiger partial charge on any atom is 0.229 e. The van der Waals surface area contributed by atoms with Crippen molar-refractivity contribution in [2.75, 3.05) is 17.6 Å². The number of aromatic amines is 1. The van der Waals surface area contributed by atoms with Crippen LogP contribution < -0.4 is 19.9 Å². The first-order chi connectivity index (χ1) is 14.8. The van der Waals surface area contributed by atoms with E-state index in [2.05, 4.69) is 15.8 Å². The fourth-order valence-electron chi connectivity index (χ4n) is 3.87. The molecule has 2 atom stereocenters. The molecule has 4 rings (SSSR count). The molecule has 164 valence electrons. The van der Waals surface area contributed by atoms with Gasteiger partial charge in [0.2, 0.25) is 15.9 Å². The highest BCUT2D eigenvalue weighted by atomic mass is 32.2. The summed E-state index contributed by atoms with van der Waals surface area (Å²) >= 11 is 0. The van der Waals surface area contributed by atoms with Gasteiger partial charge in [0, 0.05) is 29.1 Å². The van der Waals surface area contributed by atoms with Gasteiger partial charge in [0.1, 0.15) is 12.7 Å². The van der Waals surface area contributed by atoms with Crippen LogP contribution in [0.4, 0.5) is 5.69 Å². The number of benzene rings is 2. The monoisotopic (exact) mass is 443 g/mol. The summed E-state index contributed by atoms with van der Waals surface area (Å²) in [5.74, 6) is 0.220. The lowest BCUT2D eigenvalue weighted by Gasteiger charge is -2.29. The summed E-state index contributed by atoms with van der Waals surface area (Å²) in [7, 11) is -3.40. The van der Waals surface area contributed by atoms with Gasteiger partial charge in [0.05, 0.1) is 11.9 Å². The normalized spacial score (nSPS) is 16.7. The Kier molecular flexibility index (Phi) is 5.77. The first-order valence-corrected chi connectivity index (χ1v) is 11.9. The van der Waals surface area contributed by atoms with Gasteiger partial charge >= 0.3 is 0 Å². The molecule has 1 aliphatic rings. The van der Waals surface area contributed by atoms with Gasteiger partial charge in [0.15, 0.2) is 11.5 Å². The molecule has 1 amide bonds. The van der Waals surface area contributed by atoms with Crippen molar-refractivity contribution >= 4 is 32.5 Å². The van der Waals surface area contributed by atoms with E-state index < -0.39 is 10.0 Å². The molecular weight excluding hydrogens is 418 g/mol. The number of carbonyl (C=O) groups excluding carboxylic acids is 1. The summed E-state index contributed by atoms with van der Waals surface area (Å²) in [6.07, 6.45) is 4.42. The van der Waals surface area contributed by atoms with Crippen molar-refractivity contribution in [2.45, 2.75) is 25.4 Å². The molecule has 4 N–H and O–H groups in total. The van der Waals surface area contributed by atoms with E-state index in [9.17, 15) is 13.2 Å². The Labute approximate surface area is 180 Å². The number of rotatable bonds is 8. The molecule has 8 nitrogen and oxygen atoms in total. The van der Waals surface area contributed by atoms with E-state index in [-0.39, 0.29) is 17.9 Å². The van der Waals surface area contributed by atoms with Crippen molar-refractivity contribution < 1.29 is 22.7 Å². The molecule has 0 bridgehead atoms. The van der Waals surface area contributed by atoms with Gasteiger partial charge in [-0.3, -0.25) is 9.52 Å². The van der Waals surface area contributed by atoms with Crippen molar-refractivity contribution in [1.82, 2.24) is 4.98 Å². The van der Waals surface area contributed by atoms with Crippen LogP contribution in [0.2, 0.25) is 0 Å². The number of amides is 1. The third-order valence-corrected chi connectivity index (χ3v) is 5.96. The number of carbonyl (C=O) groups is 1. The number of para-hydroxylation sites is 1. The molecule has 1 aromatic heterocycles. The minimum Gasteiger partial charge on any atom is -0.486 e. The van der Waals surface area contributed by atoms with E-state index in [1.165, 1.54) is 0 Å². The van der Waals surface area contributed by atoms with E-state index in [0.29, 0.717) is 43.1 Å². The van der Waals surface area contributed by atoms with Crippen molar-refractivity contribution in [3.8, 4) is 11.5 Å². The minimum atomic E-state index is -3.40. The average molecular weight is 444 g/mol. The van der Waals surface area contributed by atoms with E-state index in [4.69, 9.17) is 15.2 Å². The maximum absolute atomic E-state index is 12.1. The Morgan fingerprint density at radius 2 is 2.06 bits per heavy atom. The van der Waals surface area contributed by atoms with Crippen LogP contribution in [0.15, 0.2) is 48.7 Å². The Morgan fingerprint density at radius 1 is 1.26 bits per heavy atom. The molecule has 2 heterocycles. The van der Waals surface area contributed by atoms with Crippen LogP contribution in [0.5, 0.6) is 11.5 Å². The van der Waals surface area contributed by atoms with Gasteiger partial charge in [-0.25, -0.2) is 8.42 Å². The highest BCUT2D eigenvalue weighted by molar-refractivity contribution is 7.92. The number of primary amides is 1. The lowest BCUT2D eigenvalue weighted by molar-refractivity contribution is -0.123. The van der Waals surface area contributed by atoms with E-state index >= 15 is 0 Å². The average Bonchev–Trinajstić information content (AvgIpc) is 3.12. The van der Waals surface area contributed by atoms with Crippen LogP contribution in [0, 0.1) is 5.92 Å². The number of hydrogen-bond acceptors (Lipinski definition) is 5. The van der Waals surface area contributed by atoms with Crippen LogP contribution in [-0.4, -0.2) is 38.3 Å². The standard InChI is InChI=1S/C22H25N3O5S/c1-31(27,28)25-16-8-9-20-21(11-16)30-17(13-29-20)10-14(22(23)26)6-7-15-12-24-19-5-3-2-4-18(15)19/h2-5,8-9,11-12,14,17,24-25H,6-7,10,13H2,1H3,(H2,23,26). The number of nitrogens with two attached hydrogens (primary N) is 1. The van der Waals surface area contributed by atoms with Crippen LogP contribution in [-0.2, 0) is 21.2 Å². The Bertz CT molecular complexity index is 1200. The number of ether oxygens (including phenoxy) is 2. The number of H-pyrrole nitrogens is 1. The van der Waals surface area contributed by atoms with Crippen LogP contribution in [0.1, 0.15) is 18.4 Å². The molecule has 1 aliphatic heterocycles.